The molecule has 136 valence electrons. The summed E-state index contributed by atoms with van der Waals surface area (Å²) in [5, 5.41) is 3.32. The molecule has 3 N–H and O–H groups in total. The van der Waals surface area contributed by atoms with E-state index in [0.29, 0.717) is 24.5 Å². The van der Waals surface area contributed by atoms with Gasteiger partial charge in [0.25, 0.3) is 5.82 Å². The Morgan fingerprint density at radius 1 is 1.28 bits per heavy atom. The molecule has 0 radical (unpaired) electrons. The van der Waals surface area contributed by atoms with Gasteiger partial charge in [0.15, 0.2) is 11.8 Å². The van der Waals surface area contributed by atoms with Crippen molar-refractivity contribution >= 4 is 15.8 Å². The van der Waals surface area contributed by atoms with Gasteiger partial charge in [0.1, 0.15) is 17.6 Å². The van der Waals surface area contributed by atoms with Crippen LogP contribution in [-0.2, 0) is 10.0 Å². The van der Waals surface area contributed by atoms with E-state index in [2.05, 4.69) is 24.4 Å². The third-order valence-electron chi connectivity index (χ3n) is 4.57. The number of nitrogens with zero attached hydrogens (tertiary/aromatic N) is 1. The number of sulfonamides is 1. The summed E-state index contributed by atoms with van der Waals surface area (Å²) in [5.74, 6) is 1.69. The Morgan fingerprint density at radius 2 is 2.04 bits per heavy atom. The van der Waals surface area contributed by atoms with Crippen molar-refractivity contribution in [3.8, 4) is 0 Å². The van der Waals surface area contributed by atoms with E-state index in [1.54, 1.807) is 28.9 Å². The monoisotopic (exact) mass is 366 g/mol. The topological polar surface area (TPSA) is 81.1 Å². The fraction of sp³-hybridized carbons (Fsp3) is 0.471. The number of pyridine rings is 1. The summed E-state index contributed by atoms with van der Waals surface area (Å²) in [6.45, 7) is 1.89. The number of aromatic nitrogens is 1. The van der Waals surface area contributed by atoms with E-state index in [0.717, 1.165) is 24.4 Å². The van der Waals surface area contributed by atoms with Gasteiger partial charge >= 0.3 is 0 Å². The second kappa shape index (κ2) is 7.55. The third-order valence-corrected chi connectivity index (χ3v) is 6.46. The summed E-state index contributed by atoms with van der Waals surface area (Å²) in [6.07, 6.45) is 5.10. The highest BCUT2D eigenvalue weighted by Crippen LogP contribution is 2.20. The van der Waals surface area contributed by atoms with Crippen LogP contribution in [0.2, 0.25) is 0 Å². The van der Waals surface area contributed by atoms with E-state index in [4.69, 9.17) is 4.42 Å². The van der Waals surface area contributed by atoms with Crippen LogP contribution in [0.25, 0.3) is 0 Å². The summed E-state index contributed by atoms with van der Waals surface area (Å²) < 4.78 is 32.1. The predicted octanol–water partition coefficient (Wildman–Crippen LogP) is 0.176. The molecule has 2 aromatic rings. The molecule has 3 heterocycles. The van der Waals surface area contributed by atoms with Crippen molar-refractivity contribution in [3.05, 3.63) is 42.5 Å². The van der Waals surface area contributed by atoms with Gasteiger partial charge in [-0.25, -0.2) is 13.4 Å². The summed E-state index contributed by atoms with van der Waals surface area (Å²) in [4.78, 5) is 4.60. The molecule has 7 nitrogen and oxygen atoms in total. The van der Waals surface area contributed by atoms with Gasteiger partial charge in [-0.05, 0) is 31.0 Å². The summed E-state index contributed by atoms with van der Waals surface area (Å²) in [6, 6.07) is 7.44. The lowest BCUT2D eigenvalue weighted by Gasteiger charge is -2.17. The smallest absolute Gasteiger partial charge is 0.272 e. The van der Waals surface area contributed by atoms with E-state index >= 15 is 0 Å². The Kier molecular flexibility index (Phi) is 5.41. The number of furan rings is 1. The number of rotatable bonds is 7. The molecule has 1 atom stereocenters. The van der Waals surface area contributed by atoms with Gasteiger partial charge in [-0.2, -0.15) is 4.31 Å². The van der Waals surface area contributed by atoms with Crippen LogP contribution in [0.15, 0.2) is 46.0 Å². The molecule has 1 aliphatic heterocycles. The Balaban J connectivity index is 1.66. The average molecular weight is 366 g/mol. The summed E-state index contributed by atoms with van der Waals surface area (Å²) in [5.41, 5.74) is 0. The molecule has 0 bridgehead atoms. The summed E-state index contributed by atoms with van der Waals surface area (Å²) >= 11 is 0. The highest BCUT2D eigenvalue weighted by Gasteiger charge is 2.28. The second-order valence-electron chi connectivity index (χ2n) is 6.58. The maximum Gasteiger partial charge on any atom is 0.272 e. The molecule has 0 aromatic carbocycles. The van der Waals surface area contributed by atoms with Crippen LogP contribution < -0.4 is 15.2 Å². The lowest BCUT2D eigenvalue weighted by Crippen LogP contribution is -3.06. The van der Waals surface area contributed by atoms with Gasteiger partial charge in [0.05, 0.1) is 20.4 Å². The van der Waals surface area contributed by atoms with Crippen LogP contribution >= 0.6 is 0 Å². The lowest BCUT2D eigenvalue weighted by molar-refractivity contribution is -0.891. The predicted molar refractivity (Wildman–Crippen MR) is 93.7 cm³/mol. The van der Waals surface area contributed by atoms with Gasteiger partial charge in [0.2, 0.25) is 10.0 Å². The Morgan fingerprint density at radius 3 is 2.60 bits per heavy atom. The number of quaternary nitrogens is 1. The molecule has 25 heavy (non-hydrogen) atoms. The molecule has 0 unspecified atom stereocenters. The zero-order valence-electron chi connectivity index (χ0n) is 14.7. The first-order chi connectivity index (χ1) is 12.0. The molecule has 8 heteroatoms. The molecule has 1 saturated heterocycles. The van der Waals surface area contributed by atoms with Crippen molar-refractivity contribution in [2.75, 3.05) is 39.0 Å². The van der Waals surface area contributed by atoms with Gasteiger partial charge in [-0.15, -0.1) is 0 Å². The molecule has 1 fully saturated rings. The van der Waals surface area contributed by atoms with Crippen LogP contribution in [0.3, 0.4) is 0 Å². The van der Waals surface area contributed by atoms with Crippen molar-refractivity contribution in [2.45, 2.75) is 23.8 Å². The van der Waals surface area contributed by atoms with Gasteiger partial charge in [-0.1, -0.05) is 0 Å². The first-order valence-corrected chi connectivity index (χ1v) is 10.0. The maximum absolute atomic E-state index is 12.5. The van der Waals surface area contributed by atoms with Crippen LogP contribution in [0, 0.1) is 0 Å². The van der Waals surface area contributed by atoms with Crippen LogP contribution in [0.4, 0.5) is 5.82 Å². The minimum absolute atomic E-state index is 0.163. The standard InChI is InChI=1S/C17H24N4O3S/c1-20(2)15(16-6-5-11-24-16)13-19-17-8-7-14(12-18-17)25(22,23)21-9-3-4-10-21/h5-8,11-12,15H,3-4,9-10,13H2,1-2H3,(H,18,19)/p+2/t15-/m1/s1. The highest BCUT2D eigenvalue weighted by atomic mass is 32.2. The normalized spacial score (nSPS) is 17.1. The van der Waals surface area contributed by atoms with Crippen molar-refractivity contribution in [1.82, 2.24) is 4.31 Å². The first-order valence-electron chi connectivity index (χ1n) is 8.57. The van der Waals surface area contributed by atoms with E-state index in [1.807, 2.05) is 12.1 Å². The average Bonchev–Trinajstić information content (AvgIpc) is 3.29. The third kappa shape index (κ3) is 4.02. The van der Waals surface area contributed by atoms with Crippen molar-refractivity contribution in [2.24, 2.45) is 0 Å². The number of hydrogen-bond acceptors (Lipinski definition) is 4. The molecular formula is C17H26N4O3S+2. The van der Waals surface area contributed by atoms with Crippen LogP contribution in [-0.4, -0.2) is 46.5 Å². The molecule has 0 spiro atoms. The number of anilines is 1. The molecular weight excluding hydrogens is 340 g/mol. The van der Waals surface area contributed by atoms with E-state index in [1.165, 1.54) is 4.90 Å². The molecule has 2 aromatic heterocycles. The fourth-order valence-electron chi connectivity index (χ4n) is 3.05. The molecule has 0 saturated carbocycles. The zero-order chi connectivity index (χ0) is 17.9. The number of hydrogen-bond donors (Lipinski definition) is 2. The fourth-order valence-corrected chi connectivity index (χ4v) is 4.53. The lowest BCUT2D eigenvalue weighted by atomic mass is 10.2. The first kappa shape index (κ1) is 17.9. The van der Waals surface area contributed by atoms with Crippen molar-refractivity contribution in [1.29, 1.82) is 0 Å². The molecule has 3 rings (SSSR count). The SMILES string of the molecule is C[NH+](C)[C@H](CNc1ccc(S(=O)(=O)N2CCCC2)c[nH+]1)c1ccco1. The Labute approximate surface area is 148 Å². The molecule has 0 aliphatic carbocycles. The molecule has 0 amide bonds. The second-order valence-corrected chi connectivity index (χ2v) is 8.51. The minimum atomic E-state index is -3.38. The van der Waals surface area contributed by atoms with Gasteiger partial charge in [-0.3, -0.25) is 5.32 Å². The highest BCUT2D eigenvalue weighted by molar-refractivity contribution is 7.89. The zero-order valence-corrected chi connectivity index (χ0v) is 15.5. The van der Waals surface area contributed by atoms with E-state index in [-0.39, 0.29) is 6.04 Å². The number of H-pyrrole nitrogens is 1. The van der Waals surface area contributed by atoms with E-state index < -0.39 is 10.0 Å². The van der Waals surface area contributed by atoms with Crippen molar-refractivity contribution in [3.63, 3.8) is 0 Å². The van der Waals surface area contributed by atoms with Crippen molar-refractivity contribution < 1.29 is 22.7 Å². The molecule has 1 aliphatic rings. The minimum Gasteiger partial charge on any atom is -0.463 e. The van der Waals surface area contributed by atoms with Crippen LogP contribution in [0.5, 0.6) is 0 Å². The van der Waals surface area contributed by atoms with E-state index in [9.17, 15) is 8.42 Å². The summed E-state index contributed by atoms with van der Waals surface area (Å²) in [7, 11) is 0.767. The van der Waals surface area contributed by atoms with Gasteiger partial charge < -0.3 is 9.32 Å². The maximum atomic E-state index is 12.5. The quantitative estimate of drug-likeness (QED) is 0.732. The Bertz CT molecular complexity index is 767. The number of likely N-dealkylation sites (N-methyl/N-ethyl adjacent to an activating group) is 1. The van der Waals surface area contributed by atoms with Crippen LogP contribution in [0.1, 0.15) is 24.6 Å². The Hall–Kier alpha value is -1.90. The number of aromatic amines is 1. The largest absolute Gasteiger partial charge is 0.463 e. The van der Waals surface area contributed by atoms with Gasteiger partial charge in [0, 0.05) is 19.2 Å². The number of nitrogens with one attached hydrogen (secondary N) is 3.